The van der Waals surface area contributed by atoms with E-state index in [1.54, 1.807) is 7.11 Å². The fourth-order valence-electron chi connectivity index (χ4n) is 2.05. The molecule has 0 radical (unpaired) electrons. The van der Waals surface area contributed by atoms with Crippen LogP contribution in [0.4, 0.5) is 5.69 Å². The molecule has 2 aromatic rings. The average Bonchev–Trinajstić information content (AvgIpc) is 2.44. The van der Waals surface area contributed by atoms with E-state index in [9.17, 15) is 4.79 Å². The topological polar surface area (TPSA) is 64.3 Å². The molecule has 0 saturated heterocycles. The first-order valence-corrected chi connectivity index (χ1v) is 6.36. The highest BCUT2D eigenvalue weighted by Crippen LogP contribution is 2.23. The van der Waals surface area contributed by atoms with Crippen molar-refractivity contribution >= 4 is 11.6 Å². The summed E-state index contributed by atoms with van der Waals surface area (Å²) < 4.78 is 5.17. The summed E-state index contributed by atoms with van der Waals surface area (Å²) in [5.41, 5.74) is 8.22. The molecule has 0 aromatic heterocycles. The minimum atomic E-state index is -0.568. The van der Waals surface area contributed by atoms with Crippen LogP contribution in [-0.2, 0) is 4.79 Å². The van der Waals surface area contributed by atoms with Crippen molar-refractivity contribution in [2.24, 2.45) is 5.73 Å². The Balaban J connectivity index is 2.28. The van der Waals surface area contributed by atoms with Gasteiger partial charge in [-0.05, 0) is 24.6 Å². The van der Waals surface area contributed by atoms with Crippen molar-refractivity contribution in [2.45, 2.75) is 13.0 Å². The van der Waals surface area contributed by atoms with E-state index >= 15 is 0 Å². The average molecular weight is 270 g/mol. The van der Waals surface area contributed by atoms with E-state index in [0.717, 1.165) is 22.6 Å². The molecule has 3 N–H and O–H groups in total. The van der Waals surface area contributed by atoms with Gasteiger partial charge in [0.2, 0.25) is 5.91 Å². The van der Waals surface area contributed by atoms with Crippen molar-refractivity contribution in [3.63, 3.8) is 0 Å². The molecule has 104 valence electrons. The monoisotopic (exact) mass is 270 g/mol. The van der Waals surface area contributed by atoms with Crippen molar-refractivity contribution in [3.8, 4) is 5.75 Å². The summed E-state index contributed by atoms with van der Waals surface area (Å²) in [6.45, 7) is 1.98. The lowest BCUT2D eigenvalue weighted by Gasteiger charge is -2.18. The summed E-state index contributed by atoms with van der Waals surface area (Å²) in [7, 11) is 1.60. The van der Waals surface area contributed by atoms with Crippen LogP contribution >= 0.6 is 0 Å². The molecule has 0 saturated carbocycles. The molecule has 0 aliphatic carbocycles. The zero-order chi connectivity index (χ0) is 14.5. The van der Waals surface area contributed by atoms with Crippen molar-refractivity contribution in [3.05, 3.63) is 59.7 Å². The molecule has 0 bridgehead atoms. The lowest BCUT2D eigenvalue weighted by molar-refractivity contribution is -0.118. The van der Waals surface area contributed by atoms with Crippen LogP contribution in [-0.4, -0.2) is 13.0 Å². The van der Waals surface area contributed by atoms with Crippen LogP contribution in [0.5, 0.6) is 5.75 Å². The zero-order valence-electron chi connectivity index (χ0n) is 11.6. The number of nitrogens with two attached hydrogens (primary N) is 1. The van der Waals surface area contributed by atoms with Crippen LogP contribution in [0.1, 0.15) is 17.2 Å². The Kier molecular flexibility index (Phi) is 4.25. The van der Waals surface area contributed by atoms with E-state index in [2.05, 4.69) is 5.32 Å². The third kappa shape index (κ3) is 3.29. The molecular formula is C16H18N2O2. The molecule has 1 unspecified atom stereocenters. The summed E-state index contributed by atoms with van der Waals surface area (Å²) in [4.78, 5) is 11.7. The Hall–Kier alpha value is -2.49. The lowest BCUT2D eigenvalue weighted by atomic mass is 10.0. The van der Waals surface area contributed by atoms with Gasteiger partial charge < -0.3 is 15.8 Å². The van der Waals surface area contributed by atoms with Gasteiger partial charge in [-0.3, -0.25) is 4.79 Å². The Morgan fingerprint density at radius 3 is 2.60 bits per heavy atom. The molecule has 0 heterocycles. The number of carbonyl (C=O) groups is 1. The number of carbonyl (C=O) groups excluding carboxylic acids is 1. The first-order valence-electron chi connectivity index (χ1n) is 6.36. The molecular weight excluding hydrogens is 252 g/mol. The van der Waals surface area contributed by atoms with E-state index in [1.165, 1.54) is 0 Å². The number of rotatable bonds is 5. The van der Waals surface area contributed by atoms with Gasteiger partial charge in [-0.25, -0.2) is 0 Å². The van der Waals surface area contributed by atoms with Crippen molar-refractivity contribution in [1.29, 1.82) is 0 Å². The summed E-state index contributed by atoms with van der Waals surface area (Å²) in [6, 6.07) is 14.5. The predicted molar refractivity (Wildman–Crippen MR) is 79.7 cm³/mol. The number of hydrogen-bond acceptors (Lipinski definition) is 3. The molecule has 20 heavy (non-hydrogen) atoms. The molecule has 4 nitrogen and oxygen atoms in total. The maximum Gasteiger partial charge on any atom is 0.244 e. The van der Waals surface area contributed by atoms with Gasteiger partial charge in [-0.1, -0.05) is 35.9 Å². The van der Waals surface area contributed by atoms with Crippen LogP contribution < -0.4 is 15.8 Å². The summed E-state index contributed by atoms with van der Waals surface area (Å²) >= 11 is 0. The van der Waals surface area contributed by atoms with E-state index in [4.69, 9.17) is 10.5 Å². The minimum Gasteiger partial charge on any atom is -0.497 e. The first-order chi connectivity index (χ1) is 9.60. The summed E-state index contributed by atoms with van der Waals surface area (Å²) in [5, 5.41) is 3.14. The van der Waals surface area contributed by atoms with Crippen LogP contribution in [0.15, 0.2) is 48.5 Å². The predicted octanol–water partition coefficient (Wildman–Crippen LogP) is 2.64. The second-order valence-electron chi connectivity index (χ2n) is 4.63. The Morgan fingerprint density at radius 2 is 1.95 bits per heavy atom. The van der Waals surface area contributed by atoms with Crippen LogP contribution in [0.3, 0.4) is 0 Å². The third-order valence-electron chi connectivity index (χ3n) is 3.04. The largest absolute Gasteiger partial charge is 0.497 e. The Bertz CT molecular complexity index is 611. The quantitative estimate of drug-likeness (QED) is 0.877. The van der Waals surface area contributed by atoms with Crippen LogP contribution in [0.2, 0.25) is 0 Å². The van der Waals surface area contributed by atoms with E-state index < -0.39 is 11.9 Å². The molecule has 2 rings (SSSR count). The van der Waals surface area contributed by atoms with E-state index in [1.807, 2.05) is 55.5 Å². The van der Waals surface area contributed by atoms with Crippen molar-refractivity contribution in [2.75, 3.05) is 12.4 Å². The van der Waals surface area contributed by atoms with Gasteiger partial charge in [0.15, 0.2) is 0 Å². The van der Waals surface area contributed by atoms with Gasteiger partial charge in [0.05, 0.1) is 7.11 Å². The third-order valence-corrected chi connectivity index (χ3v) is 3.04. The molecule has 0 aliphatic rings. The van der Waals surface area contributed by atoms with E-state index in [-0.39, 0.29) is 0 Å². The maximum absolute atomic E-state index is 11.7. The Labute approximate surface area is 118 Å². The number of primary amides is 1. The standard InChI is InChI=1S/C16H18N2O2/c1-11-5-3-6-12(9-11)15(16(17)19)18-13-7-4-8-14(10-13)20-2/h3-10,15,18H,1-2H3,(H2,17,19). The van der Waals surface area contributed by atoms with Gasteiger partial charge in [-0.15, -0.1) is 0 Å². The van der Waals surface area contributed by atoms with Gasteiger partial charge in [-0.2, -0.15) is 0 Å². The van der Waals surface area contributed by atoms with E-state index in [0.29, 0.717) is 0 Å². The molecule has 1 amide bonds. The molecule has 0 spiro atoms. The number of amides is 1. The minimum absolute atomic E-state index is 0.418. The van der Waals surface area contributed by atoms with Crippen molar-refractivity contribution in [1.82, 2.24) is 0 Å². The SMILES string of the molecule is COc1cccc(NC(C(N)=O)c2cccc(C)c2)c1. The summed E-state index contributed by atoms with van der Waals surface area (Å²) in [5.74, 6) is 0.306. The van der Waals surface area contributed by atoms with Crippen molar-refractivity contribution < 1.29 is 9.53 Å². The molecule has 0 aliphatic heterocycles. The fraction of sp³-hybridized carbons (Fsp3) is 0.188. The normalized spacial score (nSPS) is 11.7. The van der Waals surface area contributed by atoms with Gasteiger partial charge >= 0.3 is 0 Å². The second-order valence-corrected chi connectivity index (χ2v) is 4.63. The van der Waals surface area contributed by atoms with Crippen LogP contribution in [0.25, 0.3) is 0 Å². The number of ether oxygens (including phenoxy) is 1. The highest BCUT2D eigenvalue weighted by atomic mass is 16.5. The molecule has 2 aromatic carbocycles. The summed E-state index contributed by atoms with van der Waals surface area (Å²) in [6.07, 6.45) is 0. The highest BCUT2D eigenvalue weighted by molar-refractivity contribution is 5.84. The van der Waals surface area contributed by atoms with Gasteiger partial charge in [0.25, 0.3) is 0 Å². The molecule has 4 heteroatoms. The zero-order valence-corrected chi connectivity index (χ0v) is 11.6. The highest BCUT2D eigenvalue weighted by Gasteiger charge is 2.17. The first kappa shape index (κ1) is 13.9. The second kappa shape index (κ2) is 6.10. The van der Waals surface area contributed by atoms with Gasteiger partial charge in [0.1, 0.15) is 11.8 Å². The van der Waals surface area contributed by atoms with Crippen LogP contribution in [0, 0.1) is 6.92 Å². The number of hydrogen-bond donors (Lipinski definition) is 2. The fourth-order valence-corrected chi connectivity index (χ4v) is 2.05. The molecule has 0 fully saturated rings. The number of nitrogens with one attached hydrogen (secondary N) is 1. The molecule has 1 atom stereocenters. The Morgan fingerprint density at radius 1 is 1.20 bits per heavy atom. The lowest BCUT2D eigenvalue weighted by Crippen LogP contribution is -2.27. The number of benzene rings is 2. The number of anilines is 1. The number of methoxy groups -OCH3 is 1. The smallest absolute Gasteiger partial charge is 0.244 e. The van der Waals surface area contributed by atoms with Gasteiger partial charge in [0, 0.05) is 11.8 Å². The number of aryl methyl sites for hydroxylation is 1. The maximum atomic E-state index is 11.7.